The number of rotatable bonds is 3. The fourth-order valence-electron chi connectivity index (χ4n) is 0.943. The van der Waals surface area contributed by atoms with Crippen molar-refractivity contribution < 1.29 is 4.79 Å². The highest BCUT2D eigenvalue weighted by Gasteiger charge is 2.13. The van der Waals surface area contributed by atoms with Crippen LogP contribution in [0.2, 0.25) is 0 Å². The first kappa shape index (κ1) is 10.1. The fourth-order valence-corrected chi connectivity index (χ4v) is 0.943. The van der Waals surface area contributed by atoms with Crippen LogP contribution in [-0.4, -0.2) is 22.6 Å². The minimum absolute atomic E-state index is 0.222. The van der Waals surface area contributed by atoms with E-state index in [2.05, 4.69) is 21.4 Å². The van der Waals surface area contributed by atoms with Gasteiger partial charge in [0.2, 0.25) is 0 Å². The number of nitrogens with zero attached hydrogens (tertiary/aromatic N) is 1. The minimum Gasteiger partial charge on any atom is -0.395 e. The highest BCUT2D eigenvalue weighted by Crippen LogP contribution is 2.11. The normalized spacial score (nSPS) is 9.43. The molecule has 0 aromatic carbocycles. The van der Waals surface area contributed by atoms with Gasteiger partial charge in [0.15, 0.2) is 5.69 Å². The van der Waals surface area contributed by atoms with Gasteiger partial charge in [-0.15, -0.1) is 12.3 Å². The molecule has 1 aromatic rings. The van der Waals surface area contributed by atoms with Gasteiger partial charge in [0.1, 0.15) is 0 Å². The third kappa shape index (κ3) is 2.04. The number of aryl methyl sites for hydroxylation is 1. The van der Waals surface area contributed by atoms with Gasteiger partial charge in [0, 0.05) is 13.0 Å². The van der Waals surface area contributed by atoms with E-state index in [1.165, 1.54) is 0 Å². The van der Waals surface area contributed by atoms with E-state index in [1.54, 1.807) is 6.92 Å². The van der Waals surface area contributed by atoms with Crippen molar-refractivity contribution in [1.82, 2.24) is 15.5 Å². The molecule has 1 rings (SSSR count). The maximum absolute atomic E-state index is 11.4. The molecule has 0 unspecified atom stereocenters. The van der Waals surface area contributed by atoms with E-state index in [9.17, 15) is 4.79 Å². The summed E-state index contributed by atoms with van der Waals surface area (Å²) in [5.74, 6) is 2.12. The molecule has 1 aromatic heterocycles. The van der Waals surface area contributed by atoms with E-state index in [1.807, 2.05) is 0 Å². The summed E-state index contributed by atoms with van der Waals surface area (Å²) < 4.78 is 0. The largest absolute Gasteiger partial charge is 0.395 e. The molecule has 0 aliphatic carbocycles. The molecule has 5 nitrogen and oxygen atoms in total. The number of hydrogen-bond donors (Lipinski definition) is 3. The average molecular weight is 192 g/mol. The lowest BCUT2D eigenvalue weighted by Crippen LogP contribution is -2.25. The molecule has 0 atom stereocenters. The Morgan fingerprint density at radius 3 is 3.00 bits per heavy atom. The summed E-state index contributed by atoms with van der Waals surface area (Å²) in [4.78, 5) is 11.4. The first-order valence-electron chi connectivity index (χ1n) is 4.19. The Morgan fingerprint density at radius 1 is 1.79 bits per heavy atom. The molecular formula is C9H12N4O. The third-order valence-corrected chi connectivity index (χ3v) is 1.76. The van der Waals surface area contributed by atoms with Gasteiger partial charge in [0.25, 0.3) is 5.91 Å². The van der Waals surface area contributed by atoms with Crippen LogP contribution in [0.5, 0.6) is 0 Å². The van der Waals surface area contributed by atoms with Crippen LogP contribution in [0, 0.1) is 19.3 Å². The standard InChI is InChI=1S/C9H12N4O/c1-3-4-5-11-9(14)8-7(10)6(2)12-13-8/h1H,4-5,10H2,2H3,(H,11,14)(H,12,13). The van der Waals surface area contributed by atoms with Gasteiger partial charge in [-0.3, -0.25) is 9.89 Å². The van der Waals surface area contributed by atoms with Crippen LogP contribution in [0.3, 0.4) is 0 Å². The Kier molecular flexibility index (Phi) is 3.13. The van der Waals surface area contributed by atoms with Gasteiger partial charge in [-0.2, -0.15) is 5.10 Å². The molecule has 0 saturated heterocycles. The van der Waals surface area contributed by atoms with Crippen molar-refractivity contribution in [2.24, 2.45) is 0 Å². The summed E-state index contributed by atoms with van der Waals surface area (Å²) in [6.07, 6.45) is 5.53. The molecule has 1 amide bonds. The van der Waals surface area contributed by atoms with Gasteiger partial charge in [0.05, 0.1) is 11.4 Å². The average Bonchev–Trinajstić information content (AvgIpc) is 2.48. The van der Waals surface area contributed by atoms with Crippen molar-refractivity contribution in [3.63, 3.8) is 0 Å². The molecule has 1 heterocycles. The Labute approximate surface area is 82.1 Å². The Hall–Kier alpha value is -1.96. The van der Waals surface area contributed by atoms with Crippen molar-refractivity contribution >= 4 is 11.6 Å². The number of carbonyl (C=O) groups excluding carboxylic acids is 1. The van der Waals surface area contributed by atoms with Crippen LogP contribution in [-0.2, 0) is 0 Å². The molecule has 74 valence electrons. The lowest BCUT2D eigenvalue weighted by molar-refractivity contribution is 0.0950. The van der Waals surface area contributed by atoms with Gasteiger partial charge in [-0.1, -0.05) is 0 Å². The Balaban J connectivity index is 2.62. The van der Waals surface area contributed by atoms with E-state index >= 15 is 0 Å². The second kappa shape index (κ2) is 4.33. The predicted molar refractivity (Wildman–Crippen MR) is 53.5 cm³/mol. The second-order valence-electron chi connectivity index (χ2n) is 2.82. The van der Waals surface area contributed by atoms with E-state index < -0.39 is 0 Å². The third-order valence-electron chi connectivity index (χ3n) is 1.76. The minimum atomic E-state index is -0.304. The van der Waals surface area contributed by atoms with Gasteiger partial charge in [-0.25, -0.2) is 0 Å². The highest BCUT2D eigenvalue weighted by atomic mass is 16.1. The van der Waals surface area contributed by atoms with Gasteiger partial charge >= 0.3 is 0 Å². The van der Waals surface area contributed by atoms with Gasteiger partial charge < -0.3 is 11.1 Å². The zero-order chi connectivity index (χ0) is 10.6. The van der Waals surface area contributed by atoms with Crippen LogP contribution in [0.4, 0.5) is 5.69 Å². The van der Waals surface area contributed by atoms with E-state index in [4.69, 9.17) is 12.2 Å². The molecule has 4 N–H and O–H groups in total. The summed E-state index contributed by atoms with van der Waals surface area (Å²) in [7, 11) is 0. The number of hydrogen-bond acceptors (Lipinski definition) is 3. The SMILES string of the molecule is C#CCCNC(=O)c1n[nH]c(C)c1N. The van der Waals surface area contributed by atoms with Crippen LogP contribution in [0.15, 0.2) is 0 Å². The van der Waals surface area contributed by atoms with Crippen molar-refractivity contribution in [3.8, 4) is 12.3 Å². The van der Waals surface area contributed by atoms with E-state index in [0.29, 0.717) is 24.3 Å². The molecule has 0 radical (unpaired) electrons. The summed E-state index contributed by atoms with van der Waals surface area (Å²) in [5.41, 5.74) is 6.90. The number of aromatic nitrogens is 2. The number of aromatic amines is 1. The van der Waals surface area contributed by atoms with Crippen molar-refractivity contribution in [3.05, 3.63) is 11.4 Å². The zero-order valence-corrected chi connectivity index (χ0v) is 7.92. The number of nitrogens with one attached hydrogen (secondary N) is 2. The molecule has 14 heavy (non-hydrogen) atoms. The topological polar surface area (TPSA) is 83.8 Å². The Morgan fingerprint density at radius 2 is 2.50 bits per heavy atom. The maximum Gasteiger partial charge on any atom is 0.273 e. The lowest BCUT2D eigenvalue weighted by Gasteiger charge is -2.00. The number of nitrogens with two attached hydrogens (primary N) is 1. The molecule has 0 aliphatic rings. The number of anilines is 1. The maximum atomic E-state index is 11.4. The second-order valence-corrected chi connectivity index (χ2v) is 2.82. The molecule has 0 fully saturated rings. The lowest BCUT2D eigenvalue weighted by atomic mass is 10.3. The molecule has 0 bridgehead atoms. The zero-order valence-electron chi connectivity index (χ0n) is 7.92. The van der Waals surface area contributed by atoms with Crippen molar-refractivity contribution in [1.29, 1.82) is 0 Å². The summed E-state index contributed by atoms with van der Waals surface area (Å²) in [6.45, 7) is 2.18. The van der Waals surface area contributed by atoms with Gasteiger partial charge in [-0.05, 0) is 6.92 Å². The fraction of sp³-hybridized carbons (Fsp3) is 0.333. The molecule has 0 aliphatic heterocycles. The Bertz CT molecular complexity index is 375. The number of amides is 1. The highest BCUT2D eigenvalue weighted by molar-refractivity contribution is 5.97. The van der Waals surface area contributed by atoms with Crippen molar-refractivity contribution in [2.45, 2.75) is 13.3 Å². The van der Waals surface area contributed by atoms with E-state index in [-0.39, 0.29) is 11.6 Å². The smallest absolute Gasteiger partial charge is 0.273 e. The summed E-state index contributed by atoms with van der Waals surface area (Å²) in [5, 5.41) is 9.02. The van der Waals surface area contributed by atoms with Crippen molar-refractivity contribution in [2.75, 3.05) is 12.3 Å². The number of nitrogen functional groups attached to an aromatic ring is 1. The van der Waals surface area contributed by atoms with Crippen LogP contribution in [0.1, 0.15) is 22.6 Å². The first-order valence-corrected chi connectivity index (χ1v) is 4.19. The first-order chi connectivity index (χ1) is 6.66. The van der Waals surface area contributed by atoms with Crippen LogP contribution >= 0.6 is 0 Å². The van der Waals surface area contributed by atoms with Crippen LogP contribution < -0.4 is 11.1 Å². The predicted octanol–water partition coefficient (Wildman–Crippen LogP) is 0.0534. The number of H-pyrrole nitrogens is 1. The molecule has 5 heteroatoms. The number of carbonyl (C=O) groups is 1. The monoisotopic (exact) mass is 192 g/mol. The summed E-state index contributed by atoms with van der Waals surface area (Å²) >= 11 is 0. The van der Waals surface area contributed by atoms with Crippen LogP contribution in [0.25, 0.3) is 0 Å². The quantitative estimate of drug-likeness (QED) is 0.467. The molecular weight excluding hydrogens is 180 g/mol. The molecule has 0 spiro atoms. The number of terminal acetylenes is 1. The molecule has 0 saturated carbocycles. The van der Waals surface area contributed by atoms with E-state index in [0.717, 1.165) is 0 Å². The summed E-state index contributed by atoms with van der Waals surface area (Å²) in [6, 6.07) is 0.